The third kappa shape index (κ3) is 4.18. The van der Waals surface area contributed by atoms with E-state index < -0.39 is 41.2 Å². The summed E-state index contributed by atoms with van der Waals surface area (Å²) in [6.45, 7) is 0.300. The maximum absolute atomic E-state index is 13.0. The van der Waals surface area contributed by atoms with Crippen LogP contribution in [0, 0.1) is 5.82 Å². The number of amides is 3. The zero-order chi connectivity index (χ0) is 19.6. The molecule has 2 aromatic carbocycles. The second-order valence-corrected chi connectivity index (χ2v) is 5.95. The number of nitrogens with one attached hydrogen (secondary N) is 2. The van der Waals surface area contributed by atoms with Gasteiger partial charge in [-0.3, -0.25) is 4.79 Å². The molecule has 27 heavy (non-hydrogen) atoms. The topological polar surface area (TPSA) is 61.4 Å². The minimum atomic E-state index is -4.62. The molecule has 3 rings (SSSR count). The average Bonchev–Trinajstić information content (AvgIpc) is 2.96. The summed E-state index contributed by atoms with van der Waals surface area (Å²) in [7, 11) is 0. The molecule has 3 amide bonds. The van der Waals surface area contributed by atoms with Gasteiger partial charge in [0.1, 0.15) is 11.9 Å². The van der Waals surface area contributed by atoms with Gasteiger partial charge in [0.2, 0.25) is 5.91 Å². The van der Waals surface area contributed by atoms with E-state index in [4.69, 9.17) is 0 Å². The monoisotopic (exact) mass is 381 g/mol. The molecule has 0 bridgehead atoms. The van der Waals surface area contributed by atoms with Gasteiger partial charge in [-0.05, 0) is 42.8 Å². The molecule has 2 N–H and O–H groups in total. The Kier molecular flexibility index (Phi) is 5.02. The van der Waals surface area contributed by atoms with E-state index in [0.717, 1.165) is 12.1 Å². The van der Waals surface area contributed by atoms with Crippen molar-refractivity contribution in [2.24, 2.45) is 0 Å². The number of hydrogen-bond donors (Lipinski definition) is 2. The molecule has 2 aromatic rings. The van der Waals surface area contributed by atoms with Crippen LogP contribution in [-0.4, -0.2) is 24.5 Å². The first-order valence-electron chi connectivity index (χ1n) is 8.06. The summed E-state index contributed by atoms with van der Waals surface area (Å²) in [6.07, 6.45) is -4.34. The van der Waals surface area contributed by atoms with Crippen molar-refractivity contribution in [2.75, 3.05) is 16.8 Å². The number of rotatable bonds is 3. The number of benzene rings is 2. The van der Waals surface area contributed by atoms with Crippen LogP contribution < -0.4 is 15.5 Å². The quantitative estimate of drug-likeness (QED) is 0.795. The molecule has 0 spiro atoms. The van der Waals surface area contributed by atoms with Gasteiger partial charge >= 0.3 is 12.2 Å². The summed E-state index contributed by atoms with van der Waals surface area (Å²) in [5, 5.41) is 4.52. The minimum Gasteiger partial charge on any atom is -0.326 e. The van der Waals surface area contributed by atoms with Crippen LogP contribution in [0.25, 0.3) is 0 Å². The van der Waals surface area contributed by atoms with Crippen LogP contribution in [-0.2, 0) is 11.0 Å². The van der Waals surface area contributed by atoms with Crippen molar-refractivity contribution in [1.29, 1.82) is 0 Å². The molecule has 1 aliphatic heterocycles. The summed E-state index contributed by atoms with van der Waals surface area (Å²) in [4.78, 5) is 25.9. The van der Waals surface area contributed by atoms with Gasteiger partial charge in [-0.1, -0.05) is 12.1 Å². The lowest BCUT2D eigenvalue weighted by molar-refractivity contribution is -0.137. The van der Waals surface area contributed by atoms with Crippen molar-refractivity contribution in [1.82, 2.24) is 5.32 Å². The predicted octanol–water partition coefficient (Wildman–Crippen LogP) is 3.77. The summed E-state index contributed by atoms with van der Waals surface area (Å²) >= 11 is 0. The molecule has 0 radical (unpaired) electrons. The summed E-state index contributed by atoms with van der Waals surface area (Å²) < 4.78 is 51.9. The van der Waals surface area contributed by atoms with Crippen LogP contribution in [0.4, 0.5) is 33.7 Å². The summed E-state index contributed by atoms with van der Waals surface area (Å²) in [5.74, 6) is -0.858. The number of anilines is 2. The largest absolute Gasteiger partial charge is 0.418 e. The number of para-hydroxylation sites is 1. The van der Waals surface area contributed by atoms with Crippen LogP contribution in [0.15, 0.2) is 48.5 Å². The zero-order valence-corrected chi connectivity index (χ0v) is 13.9. The van der Waals surface area contributed by atoms with Crippen molar-refractivity contribution in [2.45, 2.75) is 18.6 Å². The fraction of sp³-hybridized carbons (Fsp3) is 0.222. The number of carbonyl (C=O) groups is 2. The maximum atomic E-state index is 13.0. The van der Waals surface area contributed by atoms with Crippen LogP contribution in [0.2, 0.25) is 0 Å². The van der Waals surface area contributed by atoms with E-state index in [1.807, 2.05) is 0 Å². The molecule has 1 saturated heterocycles. The molecule has 0 saturated carbocycles. The van der Waals surface area contributed by atoms with Gasteiger partial charge in [-0.25, -0.2) is 9.18 Å². The minimum absolute atomic E-state index is 0.282. The van der Waals surface area contributed by atoms with E-state index >= 15 is 0 Å². The highest BCUT2D eigenvalue weighted by atomic mass is 19.4. The van der Waals surface area contributed by atoms with Gasteiger partial charge in [0.15, 0.2) is 0 Å². The molecule has 1 aliphatic rings. The zero-order valence-electron chi connectivity index (χ0n) is 13.9. The second-order valence-electron chi connectivity index (χ2n) is 5.95. The van der Waals surface area contributed by atoms with Crippen molar-refractivity contribution in [3.63, 3.8) is 0 Å². The maximum Gasteiger partial charge on any atom is 0.418 e. The third-order valence-corrected chi connectivity index (χ3v) is 4.13. The van der Waals surface area contributed by atoms with Gasteiger partial charge in [0, 0.05) is 12.2 Å². The molecule has 5 nitrogen and oxygen atoms in total. The fourth-order valence-corrected chi connectivity index (χ4v) is 2.85. The van der Waals surface area contributed by atoms with E-state index in [-0.39, 0.29) is 6.42 Å². The van der Waals surface area contributed by atoms with Crippen LogP contribution >= 0.6 is 0 Å². The van der Waals surface area contributed by atoms with Crippen molar-refractivity contribution in [3.8, 4) is 0 Å². The van der Waals surface area contributed by atoms with Crippen molar-refractivity contribution >= 4 is 23.3 Å². The Labute approximate surface area is 152 Å². The van der Waals surface area contributed by atoms with Crippen LogP contribution in [0.1, 0.15) is 12.0 Å². The number of carbonyl (C=O) groups excluding carboxylic acids is 2. The van der Waals surface area contributed by atoms with E-state index in [9.17, 15) is 27.2 Å². The lowest BCUT2D eigenvalue weighted by Gasteiger charge is -2.18. The van der Waals surface area contributed by atoms with E-state index in [2.05, 4.69) is 10.6 Å². The molecule has 142 valence electrons. The Balaban J connectivity index is 1.66. The highest BCUT2D eigenvalue weighted by Crippen LogP contribution is 2.34. The first-order chi connectivity index (χ1) is 12.8. The Morgan fingerprint density at radius 1 is 1.07 bits per heavy atom. The Hall–Kier alpha value is -3.10. The number of halogens is 4. The number of hydrogen-bond acceptors (Lipinski definition) is 2. The Morgan fingerprint density at radius 3 is 2.41 bits per heavy atom. The van der Waals surface area contributed by atoms with Crippen molar-refractivity contribution < 1.29 is 27.2 Å². The molecular weight excluding hydrogens is 366 g/mol. The van der Waals surface area contributed by atoms with E-state index in [1.54, 1.807) is 0 Å². The molecule has 1 atom stereocenters. The Morgan fingerprint density at radius 2 is 1.74 bits per heavy atom. The van der Waals surface area contributed by atoms with Gasteiger partial charge in [-0.2, -0.15) is 13.2 Å². The number of nitrogens with zero attached hydrogens (tertiary/aromatic N) is 1. The van der Waals surface area contributed by atoms with Crippen LogP contribution in [0.5, 0.6) is 0 Å². The second kappa shape index (κ2) is 7.26. The molecular formula is C18H15F4N3O2. The first-order valence-corrected chi connectivity index (χ1v) is 8.06. The fourth-order valence-electron chi connectivity index (χ4n) is 2.85. The lowest BCUT2D eigenvalue weighted by atomic mass is 10.1. The highest BCUT2D eigenvalue weighted by molar-refractivity contribution is 6.02. The summed E-state index contributed by atoms with van der Waals surface area (Å²) in [5.41, 5.74) is -0.900. The normalized spacial score (nSPS) is 17.1. The molecule has 1 fully saturated rings. The SMILES string of the molecule is O=C(Nc1ccccc1C(F)(F)F)NC1CCN(c2ccc(F)cc2)C1=O. The molecule has 1 heterocycles. The van der Waals surface area contributed by atoms with Gasteiger partial charge in [0.05, 0.1) is 11.3 Å². The average molecular weight is 381 g/mol. The number of alkyl halides is 3. The molecule has 1 unspecified atom stereocenters. The van der Waals surface area contributed by atoms with E-state index in [1.165, 1.54) is 41.3 Å². The van der Waals surface area contributed by atoms with Gasteiger partial charge in [0.25, 0.3) is 0 Å². The lowest BCUT2D eigenvalue weighted by Crippen LogP contribution is -2.43. The summed E-state index contributed by atoms with van der Waals surface area (Å²) in [6, 6.07) is 8.07. The molecule has 0 aliphatic carbocycles. The smallest absolute Gasteiger partial charge is 0.326 e. The highest BCUT2D eigenvalue weighted by Gasteiger charge is 2.35. The standard InChI is InChI=1S/C18H15F4N3O2/c19-11-5-7-12(8-6-11)25-10-9-15(16(25)26)24-17(27)23-14-4-2-1-3-13(14)18(20,21)22/h1-8,15H,9-10H2,(H2,23,24,27). The Bertz CT molecular complexity index is 852. The predicted molar refractivity (Wildman–Crippen MR) is 90.8 cm³/mol. The molecule has 9 heteroatoms. The van der Waals surface area contributed by atoms with E-state index in [0.29, 0.717) is 12.2 Å². The third-order valence-electron chi connectivity index (χ3n) is 4.13. The first kappa shape index (κ1) is 18.7. The van der Waals surface area contributed by atoms with Gasteiger partial charge < -0.3 is 15.5 Å². The van der Waals surface area contributed by atoms with Crippen molar-refractivity contribution in [3.05, 3.63) is 59.9 Å². The molecule has 0 aromatic heterocycles. The number of urea groups is 1. The van der Waals surface area contributed by atoms with Gasteiger partial charge in [-0.15, -0.1) is 0 Å². The van der Waals surface area contributed by atoms with Crippen LogP contribution in [0.3, 0.4) is 0 Å².